The molecule has 1 heterocycles. The number of carbonyl (C=O) groups excluding carboxylic acids is 2. The number of halogens is 1. The zero-order valence-electron chi connectivity index (χ0n) is 20.1. The second-order valence-electron chi connectivity index (χ2n) is 9.23. The van der Waals surface area contributed by atoms with Crippen molar-refractivity contribution in [1.29, 1.82) is 0 Å². The number of piperidine rings is 1. The molecule has 2 aromatic carbocycles. The van der Waals surface area contributed by atoms with Gasteiger partial charge in [-0.15, -0.1) is 0 Å². The lowest BCUT2D eigenvalue weighted by Crippen LogP contribution is -2.53. The predicted molar refractivity (Wildman–Crippen MR) is 134 cm³/mol. The zero-order valence-corrected chi connectivity index (χ0v) is 21.6. The van der Waals surface area contributed by atoms with Crippen molar-refractivity contribution in [1.82, 2.24) is 20.5 Å². The number of benzene rings is 2. The number of nitrogens with one attached hydrogen (secondary N) is 3. The number of hydrazine groups is 1. The number of rotatable bonds is 8. The van der Waals surface area contributed by atoms with E-state index in [1.54, 1.807) is 29.3 Å². The molecule has 3 amide bonds. The van der Waals surface area contributed by atoms with Crippen LogP contribution in [0.5, 0.6) is 5.75 Å². The summed E-state index contributed by atoms with van der Waals surface area (Å²) < 4.78 is 32.5. The van der Waals surface area contributed by atoms with Gasteiger partial charge in [-0.05, 0) is 60.6 Å². The van der Waals surface area contributed by atoms with Crippen LogP contribution < -0.4 is 20.2 Å². The van der Waals surface area contributed by atoms with Gasteiger partial charge in [-0.3, -0.25) is 10.2 Å². The van der Waals surface area contributed by atoms with E-state index in [0.29, 0.717) is 42.4 Å². The minimum absolute atomic E-state index is 0.0249. The number of hydrogen-bond acceptors (Lipinski definition) is 6. The molecule has 0 unspecified atom stereocenters. The number of nitrogens with zero attached hydrogens (tertiary/aromatic N) is 1. The lowest BCUT2D eigenvalue weighted by molar-refractivity contribution is 0.0826. The molecule has 35 heavy (non-hydrogen) atoms. The maximum atomic E-state index is 12.6. The smallest absolute Gasteiger partial charge is 0.343 e. The molecular formula is C24H31ClN4O5S. The van der Waals surface area contributed by atoms with Gasteiger partial charge in [0.1, 0.15) is 5.75 Å². The van der Waals surface area contributed by atoms with E-state index < -0.39 is 16.1 Å². The molecule has 3 rings (SSSR count). The summed E-state index contributed by atoms with van der Waals surface area (Å²) in [5, 5.41) is 4.97. The van der Waals surface area contributed by atoms with Crippen molar-refractivity contribution in [2.45, 2.75) is 38.0 Å². The normalized spacial score (nSPS) is 15.8. The number of hydrogen-bond donors (Lipinski definition) is 3. The minimum atomic E-state index is -4.02. The first-order valence-corrected chi connectivity index (χ1v) is 13.1. The van der Waals surface area contributed by atoms with Crippen LogP contribution in [-0.4, -0.2) is 52.1 Å². The lowest BCUT2D eigenvalue weighted by Gasteiger charge is -2.37. The highest BCUT2D eigenvalue weighted by atomic mass is 35.5. The summed E-state index contributed by atoms with van der Waals surface area (Å²) in [4.78, 5) is 24.7. The van der Waals surface area contributed by atoms with Crippen LogP contribution in [0.3, 0.4) is 0 Å². The predicted octanol–water partition coefficient (Wildman–Crippen LogP) is 3.35. The molecule has 1 saturated heterocycles. The molecule has 3 N–H and O–H groups in total. The van der Waals surface area contributed by atoms with Gasteiger partial charge in [-0.2, -0.15) is 0 Å². The molecule has 0 bridgehead atoms. The number of ether oxygens (including phenoxy) is 1. The van der Waals surface area contributed by atoms with Crippen molar-refractivity contribution in [3.05, 3.63) is 58.6 Å². The summed E-state index contributed by atoms with van der Waals surface area (Å²) in [5.74, 6) is 0.0952. The van der Waals surface area contributed by atoms with Crippen LogP contribution in [0.25, 0.3) is 0 Å². The third-order valence-corrected chi connectivity index (χ3v) is 7.31. The van der Waals surface area contributed by atoms with E-state index in [0.717, 1.165) is 18.4 Å². The van der Waals surface area contributed by atoms with Crippen molar-refractivity contribution in [3.63, 3.8) is 0 Å². The fraction of sp³-hybridized carbons (Fsp3) is 0.417. The standard InChI is InChI=1S/C24H31ClN4O5S/c1-24(2)12-4-14-29(16-24)27-23(31)28-35(32,33)19-8-5-17(6-9-19)11-13-26-22(30)20-15-18(25)7-10-21(20)34-3/h5-10,15H,4,11-14,16H2,1-3H3,(H,26,30)(H2,27,28,31). The number of methoxy groups -OCH3 is 1. The highest BCUT2D eigenvalue weighted by Gasteiger charge is 2.28. The maximum absolute atomic E-state index is 12.6. The van der Waals surface area contributed by atoms with Gasteiger partial charge in [0.2, 0.25) is 0 Å². The van der Waals surface area contributed by atoms with Crippen LogP contribution in [0.2, 0.25) is 5.02 Å². The third kappa shape index (κ3) is 7.58. The topological polar surface area (TPSA) is 117 Å². The van der Waals surface area contributed by atoms with Gasteiger partial charge < -0.3 is 10.1 Å². The van der Waals surface area contributed by atoms with Crippen molar-refractivity contribution in [2.75, 3.05) is 26.7 Å². The largest absolute Gasteiger partial charge is 0.496 e. The summed E-state index contributed by atoms with van der Waals surface area (Å²) in [7, 11) is -2.55. The Morgan fingerprint density at radius 2 is 1.86 bits per heavy atom. The SMILES string of the molecule is COc1ccc(Cl)cc1C(=O)NCCc1ccc(S(=O)(=O)NC(=O)NN2CCCC(C)(C)C2)cc1. The molecule has 1 fully saturated rings. The molecular weight excluding hydrogens is 492 g/mol. The van der Waals surface area contributed by atoms with Gasteiger partial charge >= 0.3 is 6.03 Å². The molecule has 0 saturated carbocycles. The highest BCUT2D eigenvalue weighted by Crippen LogP contribution is 2.27. The Bertz CT molecular complexity index is 1170. The molecule has 9 nitrogen and oxygen atoms in total. The highest BCUT2D eigenvalue weighted by molar-refractivity contribution is 7.90. The first-order valence-electron chi connectivity index (χ1n) is 11.3. The third-order valence-electron chi connectivity index (χ3n) is 5.73. The molecule has 0 atom stereocenters. The number of amides is 3. The van der Waals surface area contributed by atoms with E-state index in [-0.39, 0.29) is 16.2 Å². The van der Waals surface area contributed by atoms with Gasteiger partial charge in [-0.25, -0.2) is 22.9 Å². The number of sulfonamides is 1. The van der Waals surface area contributed by atoms with E-state index >= 15 is 0 Å². The molecule has 2 aromatic rings. The van der Waals surface area contributed by atoms with Crippen molar-refractivity contribution < 1.29 is 22.7 Å². The van der Waals surface area contributed by atoms with Crippen LogP contribution >= 0.6 is 11.6 Å². The van der Waals surface area contributed by atoms with Crippen LogP contribution in [0.4, 0.5) is 4.79 Å². The van der Waals surface area contributed by atoms with Gasteiger partial charge in [0.25, 0.3) is 15.9 Å². The minimum Gasteiger partial charge on any atom is -0.496 e. The van der Waals surface area contributed by atoms with Crippen LogP contribution in [0.1, 0.15) is 42.6 Å². The zero-order chi connectivity index (χ0) is 25.6. The van der Waals surface area contributed by atoms with Crippen molar-refractivity contribution in [3.8, 4) is 5.75 Å². The second kappa shape index (κ2) is 11.3. The quantitative estimate of drug-likeness (QED) is 0.489. The van der Waals surface area contributed by atoms with Gasteiger partial charge in [0, 0.05) is 24.7 Å². The van der Waals surface area contributed by atoms with E-state index in [1.165, 1.54) is 25.3 Å². The average Bonchev–Trinajstić information content (AvgIpc) is 2.78. The fourth-order valence-electron chi connectivity index (χ4n) is 3.97. The summed E-state index contributed by atoms with van der Waals surface area (Å²) in [6.07, 6.45) is 2.46. The van der Waals surface area contributed by atoms with Crippen molar-refractivity contribution >= 4 is 33.6 Å². The van der Waals surface area contributed by atoms with Crippen LogP contribution in [0, 0.1) is 5.41 Å². The van der Waals surface area contributed by atoms with Gasteiger partial charge in [-0.1, -0.05) is 37.6 Å². The first kappa shape index (κ1) is 26.8. The summed E-state index contributed by atoms with van der Waals surface area (Å²) in [6.45, 7) is 5.86. The van der Waals surface area contributed by atoms with E-state index in [2.05, 4.69) is 29.3 Å². The van der Waals surface area contributed by atoms with E-state index in [1.807, 2.05) is 0 Å². The number of carbonyl (C=O) groups is 2. The molecule has 0 radical (unpaired) electrons. The summed E-state index contributed by atoms with van der Waals surface area (Å²) in [6, 6.07) is 10.2. The van der Waals surface area contributed by atoms with Crippen molar-refractivity contribution in [2.24, 2.45) is 5.41 Å². The molecule has 0 spiro atoms. The van der Waals surface area contributed by atoms with Gasteiger partial charge in [0.15, 0.2) is 0 Å². The summed E-state index contributed by atoms with van der Waals surface area (Å²) in [5.41, 5.74) is 3.83. The fourth-order valence-corrected chi connectivity index (χ4v) is 5.05. The van der Waals surface area contributed by atoms with E-state index in [9.17, 15) is 18.0 Å². The Labute approximate surface area is 211 Å². The Hall–Kier alpha value is -2.82. The first-order chi connectivity index (χ1) is 16.5. The Balaban J connectivity index is 1.52. The number of urea groups is 1. The molecule has 190 valence electrons. The molecule has 1 aliphatic heterocycles. The molecule has 1 aliphatic rings. The molecule has 11 heteroatoms. The second-order valence-corrected chi connectivity index (χ2v) is 11.3. The Kier molecular flexibility index (Phi) is 8.63. The maximum Gasteiger partial charge on any atom is 0.343 e. The van der Waals surface area contributed by atoms with E-state index in [4.69, 9.17) is 16.3 Å². The summed E-state index contributed by atoms with van der Waals surface area (Å²) >= 11 is 5.97. The molecule has 0 aromatic heterocycles. The Morgan fingerprint density at radius 3 is 2.51 bits per heavy atom. The average molecular weight is 523 g/mol. The van der Waals surface area contributed by atoms with Gasteiger partial charge in [0.05, 0.1) is 17.6 Å². The monoisotopic (exact) mass is 522 g/mol. The Morgan fingerprint density at radius 1 is 1.14 bits per heavy atom. The lowest BCUT2D eigenvalue weighted by atomic mass is 9.85. The van der Waals surface area contributed by atoms with Crippen LogP contribution in [-0.2, 0) is 16.4 Å². The van der Waals surface area contributed by atoms with Crippen LogP contribution in [0.15, 0.2) is 47.4 Å². The molecule has 0 aliphatic carbocycles.